The van der Waals surface area contributed by atoms with Crippen LogP contribution >= 0.6 is 0 Å². The summed E-state index contributed by atoms with van der Waals surface area (Å²) in [4.78, 5) is 11.0. The molecule has 0 unspecified atom stereocenters. The molecule has 7 heteroatoms. The molecule has 0 aromatic heterocycles. The van der Waals surface area contributed by atoms with Crippen LogP contribution in [-0.2, 0) is 24.1 Å². The van der Waals surface area contributed by atoms with Gasteiger partial charge in [-0.25, -0.2) is 8.42 Å². The van der Waals surface area contributed by atoms with Crippen molar-refractivity contribution in [2.45, 2.75) is 13.3 Å². The fourth-order valence-electron chi connectivity index (χ4n) is 0.853. The highest BCUT2D eigenvalue weighted by molar-refractivity contribution is 7.92. The standard InChI is InChI=1S/C9H15NO5S/c1-2-14-5-6-15-9(11)8-16(12,13)7-3-4-10/h2-3,5-8H2,1H3. The monoisotopic (exact) mass is 249 g/mol. The molecule has 0 fully saturated rings. The molecule has 0 rings (SSSR count). The minimum Gasteiger partial charge on any atom is -0.462 e. The van der Waals surface area contributed by atoms with E-state index in [-0.39, 0.29) is 25.4 Å². The van der Waals surface area contributed by atoms with E-state index in [0.717, 1.165) is 0 Å². The molecular weight excluding hydrogens is 234 g/mol. The number of sulfone groups is 1. The second-order valence-electron chi connectivity index (χ2n) is 2.92. The van der Waals surface area contributed by atoms with Crippen LogP contribution in [-0.4, -0.2) is 45.7 Å². The van der Waals surface area contributed by atoms with Crippen LogP contribution in [0, 0.1) is 11.3 Å². The van der Waals surface area contributed by atoms with E-state index >= 15 is 0 Å². The highest BCUT2D eigenvalue weighted by Crippen LogP contribution is 1.95. The van der Waals surface area contributed by atoms with E-state index in [9.17, 15) is 13.2 Å². The van der Waals surface area contributed by atoms with Gasteiger partial charge in [0.15, 0.2) is 9.84 Å². The van der Waals surface area contributed by atoms with E-state index in [1.54, 1.807) is 13.0 Å². The Morgan fingerprint density at radius 3 is 2.62 bits per heavy atom. The van der Waals surface area contributed by atoms with Crippen LogP contribution in [0.5, 0.6) is 0 Å². The lowest BCUT2D eigenvalue weighted by Crippen LogP contribution is -2.22. The normalized spacial score (nSPS) is 10.8. The quantitative estimate of drug-likeness (QED) is 0.440. The Morgan fingerprint density at radius 1 is 1.38 bits per heavy atom. The van der Waals surface area contributed by atoms with Crippen molar-refractivity contribution in [2.75, 3.05) is 31.3 Å². The molecule has 92 valence electrons. The Balaban J connectivity index is 3.82. The van der Waals surface area contributed by atoms with E-state index in [0.29, 0.717) is 6.61 Å². The van der Waals surface area contributed by atoms with Crippen molar-refractivity contribution in [3.05, 3.63) is 0 Å². The minimum absolute atomic E-state index is 0.0421. The Hall–Kier alpha value is -1.13. The first-order valence-corrected chi connectivity index (χ1v) is 6.64. The van der Waals surface area contributed by atoms with Gasteiger partial charge in [0.2, 0.25) is 0 Å². The van der Waals surface area contributed by atoms with Crippen LogP contribution in [0.1, 0.15) is 13.3 Å². The van der Waals surface area contributed by atoms with E-state index in [1.807, 2.05) is 0 Å². The number of hydrogen-bond donors (Lipinski definition) is 0. The first-order chi connectivity index (χ1) is 7.52. The summed E-state index contributed by atoms with van der Waals surface area (Å²) < 4.78 is 32.0. The van der Waals surface area contributed by atoms with Crippen molar-refractivity contribution < 1.29 is 22.7 Å². The molecular formula is C9H15NO5S. The highest BCUT2D eigenvalue weighted by Gasteiger charge is 2.17. The van der Waals surface area contributed by atoms with Crippen molar-refractivity contribution in [1.82, 2.24) is 0 Å². The first-order valence-electron chi connectivity index (χ1n) is 4.82. The smallest absolute Gasteiger partial charge is 0.321 e. The van der Waals surface area contributed by atoms with Gasteiger partial charge in [-0.15, -0.1) is 0 Å². The average molecular weight is 249 g/mol. The van der Waals surface area contributed by atoms with Crippen LogP contribution in [0.15, 0.2) is 0 Å². The van der Waals surface area contributed by atoms with E-state index in [4.69, 9.17) is 10.00 Å². The molecule has 0 N–H and O–H groups in total. The van der Waals surface area contributed by atoms with Gasteiger partial charge in [0, 0.05) is 13.0 Å². The van der Waals surface area contributed by atoms with Crippen LogP contribution < -0.4 is 0 Å². The lowest BCUT2D eigenvalue weighted by Gasteiger charge is -2.04. The summed E-state index contributed by atoms with van der Waals surface area (Å²) in [6, 6.07) is 1.71. The molecule has 0 amide bonds. The fraction of sp³-hybridized carbons (Fsp3) is 0.778. The largest absolute Gasteiger partial charge is 0.462 e. The Kier molecular flexibility index (Phi) is 7.50. The third kappa shape index (κ3) is 8.20. The SMILES string of the molecule is CCOCCOC(=O)CS(=O)(=O)CCC#N. The van der Waals surface area contributed by atoms with Crippen LogP contribution in [0.4, 0.5) is 0 Å². The molecule has 0 atom stereocenters. The summed E-state index contributed by atoms with van der Waals surface area (Å²) >= 11 is 0. The first kappa shape index (κ1) is 14.9. The number of nitriles is 1. The summed E-state index contributed by atoms with van der Waals surface area (Å²) in [6.45, 7) is 2.60. The van der Waals surface area contributed by atoms with Crippen molar-refractivity contribution in [2.24, 2.45) is 0 Å². The zero-order valence-corrected chi connectivity index (χ0v) is 9.96. The number of carbonyl (C=O) groups excluding carboxylic acids is 1. The van der Waals surface area contributed by atoms with Crippen molar-refractivity contribution in [3.8, 4) is 6.07 Å². The summed E-state index contributed by atoms with van der Waals surface area (Å²) in [5.74, 6) is -1.80. The molecule has 0 saturated carbocycles. The maximum atomic E-state index is 11.2. The Labute approximate surface area is 95.1 Å². The predicted molar refractivity (Wildman–Crippen MR) is 56.3 cm³/mol. The Bertz CT molecular complexity index is 343. The molecule has 0 aromatic carbocycles. The van der Waals surface area contributed by atoms with Gasteiger partial charge in [-0.2, -0.15) is 5.26 Å². The van der Waals surface area contributed by atoms with Crippen molar-refractivity contribution in [1.29, 1.82) is 5.26 Å². The molecule has 0 bridgehead atoms. The average Bonchev–Trinajstić information content (AvgIpc) is 2.21. The second kappa shape index (κ2) is 8.07. The van der Waals surface area contributed by atoms with Gasteiger partial charge in [0.05, 0.1) is 18.4 Å². The fourth-order valence-corrected chi connectivity index (χ4v) is 1.84. The van der Waals surface area contributed by atoms with Gasteiger partial charge in [-0.1, -0.05) is 0 Å². The Morgan fingerprint density at radius 2 is 2.06 bits per heavy atom. The number of hydrogen-bond acceptors (Lipinski definition) is 6. The maximum Gasteiger partial charge on any atom is 0.321 e. The van der Waals surface area contributed by atoms with E-state index in [1.165, 1.54) is 0 Å². The highest BCUT2D eigenvalue weighted by atomic mass is 32.2. The number of esters is 1. The van der Waals surface area contributed by atoms with Crippen molar-refractivity contribution in [3.63, 3.8) is 0 Å². The summed E-state index contributed by atoms with van der Waals surface area (Å²) in [7, 11) is -3.52. The topological polar surface area (TPSA) is 93.5 Å². The van der Waals surface area contributed by atoms with E-state index in [2.05, 4.69) is 4.74 Å². The van der Waals surface area contributed by atoms with Gasteiger partial charge in [-0.3, -0.25) is 4.79 Å². The van der Waals surface area contributed by atoms with Crippen LogP contribution in [0.3, 0.4) is 0 Å². The number of nitrogens with zero attached hydrogens (tertiary/aromatic N) is 1. The molecule has 0 aliphatic rings. The minimum atomic E-state index is -3.52. The molecule has 0 aliphatic carbocycles. The molecule has 0 heterocycles. The van der Waals surface area contributed by atoms with Gasteiger partial charge < -0.3 is 9.47 Å². The van der Waals surface area contributed by atoms with Crippen LogP contribution in [0.2, 0.25) is 0 Å². The molecule has 0 aliphatic heterocycles. The third-order valence-corrected chi connectivity index (χ3v) is 3.06. The van der Waals surface area contributed by atoms with Gasteiger partial charge in [-0.05, 0) is 6.92 Å². The lowest BCUT2D eigenvalue weighted by molar-refractivity contribution is -0.142. The number of carbonyl (C=O) groups is 1. The molecule has 0 radical (unpaired) electrons. The number of ether oxygens (including phenoxy) is 2. The maximum absolute atomic E-state index is 11.2. The van der Waals surface area contributed by atoms with Gasteiger partial charge >= 0.3 is 5.97 Å². The van der Waals surface area contributed by atoms with Gasteiger partial charge in [0.1, 0.15) is 12.4 Å². The molecule has 6 nitrogen and oxygen atoms in total. The predicted octanol–water partition coefficient (Wildman–Crippen LogP) is -0.105. The molecule has 0 saturated heterocycles. The molecule has 16 heavy (non-hydrogen) atoms. The summed E-state index contributed by atoms with van der Waals surface area (Å²) in [6.07, 6.45) is -0.117. The summed E-state index contributed by atoms with van der Waals surface area (Å²) in [5.41, 5.74) is 0. The lowest BCUT2D eigenvalue weighted by atomic mass is 10.6. The van der Waals surface area contributed by atoms with Crippen LogP contribution in [0.25, 0.3) is 0 Å². The number of rotatable bonds is 8. The zero-order valence-electron chi connectivity index (χ0n) is 9.14. The zero-order chi connectivity index (χ0) is 12.4. The van der Waals surface area contributed by atoms with Gasteiger partial charge in [0.25, 0.3) is 0 Å². The second-order valence-corrected chi connectivity index (χ2v) is 5.10. The summed E-state index contributed by atoms with van der Waals surface area (Å²) in [5, 5.41) is 8.22. The molecule has 0 spiro atoms. The molecule has 0 aromatic rings. The van der Waals surface area contributed by atoms with E-state index < -0.39 is 21.6 Å². The van der Waals surface area contributed by atoms with Crippen molar-refractivity contribution >= 4 is 15.8 Å². The third-order valence-electron chi connectivity index (χ3n) is 1.56.